The monoisotopic (exact) mass is 479 g/mol. The number of benzene rings is 3. The number of fused-ring (bicyclic) bond motifs is 5. The molecule has 6 rings (SSSR count). The van der Waals surface area contributed by atoms with E-state index >= 15 is 0 Å². The Hall–Kier alpha value is -2.97. The molecule has 158 valence electrons. The van der Waals surface area contributed by atoms with E-state index in [1.54, 1.807) is 12.4 Å². The number of rotatable bonds is 2. The van der Waals surface area contributed by atoms with Crippen molar-refractivity contribution in [3.63, 3.8) is 0 Å². The number of pyridine rings is 1. The van der Waals surface area contributed by atoms with E-state index in [1.165, 1.54) is 51.1 Å². The molecular weight excluding hydrogens is 454 g/mol. The van der Waals surface area contributed by atoms with Crippen molar-refractivity contribution in [3.8, 4) is 11.1 Å². The maximum absolute atomic E-state index is 3.78. The molecule has 0 N–H and O–H groups in total. The lowest BCUT2D eigenvalue weighted by Gasteiger charge is -2.24. The molecule has 2 aliphatic carbocycles. The maximum atomic E-state index is 3.78. The summed E-state index contributed by atoms with van der Waals surface area (Å²) in [5.41, 5.74) is 7.23. The van der Waals surface area contributed by atoms with Gasteiger partial charge in [0.25, 0.3) is 0 Å². The van der Waals surface area contributed by atoms with E-state index in [-0.39, 0.29) is 0 Å². The lowest BCUT2D eigenvalue weighted by Crippen LogP contribution is -2.35. The third-order valence-electron chi connectivity index (χ3n) is 6.42. The second kappa shape index (κ2) is 9.67. The first kappa shape index (κ1) is 20.9. The Morgan fingerprint density at radius 2 is 1.56 bits per heavy atom. The summed E-state index contributed by atoms with van der Waals surface area (Å²) in [7, 11) is 0. The summed E-state index contributed by atoms with van der Waals surface area (Å²) >= 11 is 3.54. The highest BCUT2D eigenvalue weighted by atomic mass is 79.9. The average molecular weight is 480 g/mol. The molecule has 3 aromatic carbocycles. The fourth-order valence-electron chi connectivity index (χ4n) is 4.88. The van der Waals surface area contributed by atoms with Crippen LogP contribution in [0, 0.1) is 0 Å². The summed E-state index contributed by atoms with van der Waals surface area (Å²) in [6.07, 6.45) is 13.0. The van der Waals surface area contributed by atoms with Gasteiger partial charge in [-0.3, -0.25) is 4.98 Å². The molecule has 0 bridgehead atoms. The molecule has 0 aliphatic heterocycles. The molecule has 2 heteroatoms. The fraction of sp³-hybridized carbons (Fsp3) is 0.167. The van der Waals surface area contributed by atoms with Crippen molar-refractivity contribution < 1.29 is 0 Å². The van der Waals surface area contributed by atoms with E-state index in [4.69, 9.17) is 0 Å². The van der Waals surface area contributed by atoms with E-state index in [9.17, 15) is 0 Å². The normalized spacial score (nSPS) is 15.6. The third-order valence-corrected chi connectivity index (χ3v) is 6.95. The van der Waals surface area contributed by atoms with Crippen molar-refractivity contribution in [1.82, 2.24) is 4.98 Å². The first-order valence-corrected chi connectivity index (χ1v) is 12.1. The third kappa shape index (κ3) is 4.47. The van der Waals surface area contributed by atoms with Crippen LogP contribution in [-0.2, 0) is 12.8 Å². The standard InChI is InChI=1S/C25H21Br.C5H5N/c26-20-11-8-17(9-12-20)16-19-5-3-7-23-22(19)14-15-24-21-6-2-1-4-18(21)10-13-25(23)24;1-2-4-6-5-3-1/h1-2,4,6-9,11-15,19H,3,5,10,16H2;1-5H. The van der Waals surface area contributed by atoms with Gasteiger partial charge in [0, 0.05) is 16.9 Å². The Morgan fingerprint density at radius 1 is 0.750 bits per heavy atom. The van der Waals surface area contributed by atoms with Gasteiger partial charge in [0.15, 0.2) is 0 Å². The minimum absolute atomic E-state index is 0.618. The molecule has 0 fully saturated rings. The van der Waals surface area contributed by atoms with Crippen molar-refractivity contribution >= 4 is 28.1 Å². The number of halogens is 1. The van der Waals surface area contributed by atoms with E-state index in [2.05, 4.69) is 93.7 Å². The van der Waals surface area contributed by atoms with Gasteiger partial charge in [-0.2, -0.15) is 0 Å². The van der Waals surface area contributed by atoms with Crippen LogP contribution >= 0.6 is 15.9 Å². The molecule has 1 atom stereocenters. The van der Waals surface area contributed by atoms with Crippen LogP contribution in [0.15, 0.2) is 95.7 Å². The summed E-state index contributed by atoms with van der Waals surface area (Å²) in [4.78, 5) is 3.78. The Morgan fingerprint density at radius 3 is 2.31 bits per heavy atom. The van der Waals surface area contributed by atoms with Gasteiger partial charge in [-0.05, 0) is 94.1 Å². The molecule has 0 amide bonds. The summed E-state index contributed by atoms with van der Waals surface area (Å²) in [6.45, 7) is 0. The fourth-order valence-corrected chi connectivity index (χ4v) is 5.14. The molecule has 0 saturated carbocycles. The molecule has 32 heavy (non-hydrogen) atoms. The quantitative estimate of drug-likeness (QED) is 0.322. The largest absolute Gasteiger partial charge is 0.265 e. The molecule has 2 aliphatic rings. The lowest BCUT2D eigenvalue weighted by molar-refractivity contribution is 0.621. The van der Waals surface area contributed by atoms with Gasteiger partial charge in [0.05, 0.1) is 0 Å². The topological polar surface area (TPSA) is 12.9 Å². The van der Waals surface area contributed by atoms with Crippen molar-refractivity contribution in [2.75, 3.05) is 0 Å². The second-order valence-corrected chi connectivity index (χ2v) is 9.34. The zero-order valence-electron chi connectivity index (χ0n) is 18.0. The zero-order chi connectivity index (χ0) is 21.8. The van der Waals surface area contributed by atoms with Crippen molar-refractivity contribution in [2.24, 2.45) is 0 Å². The summed E-state index contributed by atoms with van der Waals surface area (Å²) in [5, 5.41) is 2.95. The Kier molecular flexibility index (Phi) is 6.31. The van der Waals surface area contributed by atoms with Crippen molar-refractivity contribution in [1.29, 1.82) is 0 Å². The van der Waals surface area contributed by atoms with Gasteiger partial charge in [-0.25, -0.2) is 0 Å². The van der Waals surface area contributed by atoms with Gasteiger partial charge < -0.3 is 0 Å². The minimum Gasteiger partial charge on any atom is -0.265 e. The molecule has 0 spiro atoms. The zero-order valence-corrected chi connectivity index (χ0v) is 19.6. The minimum atomic E-state index is 0.618. The Balaban J connectivity index is 0.000000314. The van der Waals surface area contributed by atoms with Crippen molar-refractivity contribution in [3.05, 3.63) is 123 Å². The smallest absolute Gasteiger partial charge is 0.0267 e. The Labute approximate surface area is 198 Å². The predicted octanol–water partition coefficient (Wildman–Crippen LogP) is 6.43. The SMILES string of the molecule is Brc1ccc(CC2CCC=c3c2ccc2c3=CCc3ccccc3-2)cc1.c1ccncc1. The van der Waals surface area contributed by atoms with Gasteiger partial charge in [-0.15, -0.1) is 0 Å². The van der Waals surface area contributed by atoms with Gasteiger partial charge in [-0.1, -0.05) is 82.7 Å². The highest BCUT2D eigenvalue weighted by Gasteiger charge is 2.20. The van der Waals surface area contributed by atoms with Crippen LogP contribution in [0.25, 0.3) is 23.3 Å². The van der Waals surface area contributed by atoms with Crippen LogP contribution in [0.2, 0.25) is 0 Å². The van der Waals surface area contributed by atoms with Gasteiger partial charge in [0.1, 0.15) is 0 Å². The number of hydrogen-bond donors (Lipinski definition) is 0. The van der Waals surface area contributed by atoms with Crippen LogP contribution in [0.4, 0.5) is 0 Å². The molecule has 0 saturated heterocycles. The first-order chi connectivity index (χ1) is 15.8. The van der Waals surface area contributed by atoms with Crippen LogP contribution in [0.3, 0.4) is 0 Å². The number of nitrogens with zero attached hydrogens (tertiary/aromatic N) is 1. The van der Waals surface area contributed by atoms with Crippen molar-refractivity contribution in [2.45, 2.75) is 31.6 Å². The van der Waals surface area contributed by atoms with Gasteiger partial charge in [0.2, 0.25) is 0 Å². The molecule has 1 heterocycles. The number of hydrogen-bond acceptors (Lipinski definition) is 1. The van der Waals surface area contributed by atoms with E-state index in [0.717, 1.165) is 17.3 Å². The summed E-state index contributed by atoms with van der Waals surface area (Å²) < 4.78 is 1.15. The molecule has 0 radical (unpaired) electrons. The van der Waals surface area contributed by atoms with Crippen LogP contribution < -0.4 is 10.4 Å². The second-order valence-electron chi connectivity index (χ2n) is 8.43. The molecule has 4 aromatic rings. The maximum Gasteiger partial charge on any atom is 0.0267 e. The molecule has 1 aromatic heterocycles. The first-order valence-electron chi connectivity index (χ1n) is 11.3. The average Bonchev–Trinajstić information content (AvgIpc) is 2.86. The van der Waals surface area contributed by atoms with E-state index < -0.39 is 0 Å². The highest BCUT2D eigenvalue weighted by molar-refractivity contribution is 9.10. The summed E-state index contributed by atoms with van der Waals surface area (Å²) in [6, 6.07) is 28.1. The van der Waals surface area contributed by atoms with Gasteiger partial charge >= 0.3 is 0 Å². The lowest BCUT2D eigenvalue weighted by atomic mass is 9.80. The Bertz CT molecular complexity index is 1300. The highest BCUT2D eigenvalue weighted by Crippen LogP contribution is 2.30. The molecular formula is C30H26BrN. The van der Waals surface area contributed by atoms with Crippen LogP contribution in [0.5, 0.6) is 0 Å². The molecule has 1 unspecified atom stereocenters. The summed E-state index contributed by atoms with van der Waals surface area (Å²) in [5.74, 6) is 0.618. The molecule has 1 nitrogen and oxygen atoms in total. The van der Waals surface area contributed by atoms with E-state index in [0.29, 0.717) is 5.92 Å². The number of aromatic nitrogens is 1. The van der Waals surface area contributed by atoms with Crippen LogP contribution in [0.1, 0.15) is 35.4 Å². The van der Waals surface area contributed by atoms with E-state index in [1.807, 2.05) is 18.2 Å². The predicted molar refractivity (Wildman–Crippen MR) is 138 cm³/mol. The van der Waals surface area contributed by atoms with Crippen LogP contribution in [-0.4, -0.2) is 4.98 Å².